The number of methoxy groups -OCH3 is 2. The monoisotopic (exact) mass is 275 g/mol. The van der Waals surface area contributed by atoms with E-state index in [1.807, 2.05) is 6.07 Å². The summed E-state index contributed by atoms with van der Waals surface area (Å²) in [5, 5.41) is 6.50. The Balaban J connectivity index is 2.56. The van der Waals surface area contributed by atoms with Crippen LogP contribution < -0.4 is 20.8 Å². The molecule has 0 bridgehead atoms. The number of aromatic amines is 1. The highest BCUT2D eigenvalue weighted by Gasteiger charge is 2.13. The topological polar surface area (TPSA) is 90.2 Å². The third-order valence-electron chi connectivity index (χ3n) is 3.01. The Morgan fingerprint density at radius 2 is 2.00 bits per heavy atom. The highest BCUT2D eigenvalue weighted by molar-refractivity contribution is 5.68. The van der Waals surface area contributed by atoms with Crippen LogP contribution in [0.3, 0.4) is 0 Å². The molecule has 0 saturated carbocycles. The zero-order valence-electron chi connectivity index (χ0n) is 11.6. The van der Waals surface area contributed by atoms with E-state index in [2.05, 4.69) is 10.2 Å². The summed E-state index contributed by atoms with van der Waals surface area (Å²) in [7, 11) is 3.15. The molecule has 1 aromatic carbocycles. The van der Waals surface area contributed by atoms with Gasteiger partial charge in [-0.3, -0.25) is 4.79 Å². The van der Waals surface area contributed by atoms with Gasteiger partial charge in [0.1, 0.15) is 11.5 Å². The van der Waals surface area contributed by atoms with Crippen LogP contribution >= 0.6 is 0 Å². The second-order valence-electron chi connectivity index (χ2n) is 4.39. The van der Waals surface area contributed by atoms with Crippen molar-refractivity contribution in [1.29, 1.82) is 0 Å². The Labute approximate surface area is 116 Å². The molecule has 1 aromatic heterocycles. The summed E-state index contributed by atoms with van der Waals surface area (Å²) in [5.41, 5.74) is 7.33. The molecule has 6 heteroatoms. The number of rotatable bonds is 4. The normalized spacial score (nSPS) is 12.0. The van der Waals surface area contributed by atoms with Crippen LogP contribution in [0.5, 0.6) is 11.5 Å². The molecule has 1 heterocycles. The molecule has 2 rings (SSSR count). The van der Waals surface area contributed by atoms with E-state index in [0.717, 1.165) is 5.56 Å². The van der Waals surface area contributed by atoms with Gasteiger partial charge in [0.05, 0.1) is 19.9 Å². The smallest absolute Gasteiger partial charge is 0.268 e. The lowest BCUT2D eigenvalue weighted by molar-refractivity contribution is 0.395. The molecule has 0 amide bonds. The van der Waals surface area contributed by atoms with E-state index in [4.69, 9.17) is 15.2 Å². The first-order valence-electron chi connectivity index (χ1n) is 6.14. The van der Waals surface area contributed by atoms with Crippen LogP contribution in [-0.4, -0.2) is 24.4 Å². The zero-order valence-corrected chi connectivity index (χ0v) is 11.6. The van der Waals surface area contributed by atoms with E-state index in [9.17, 15) is 4.79 Å². The van der Waals surface area contributed by atoms with Gasteiger partial charge in [-0.05, 0) is 25.1 Å². The Hall–Kier alpha value is -2.34. The molecule has 0 spiro atoms. The molecule has 1 atom stereocenters. The van der Waals surface area contributed by atoms with Gasteiger partial charge in [0.25, 0.3) is 5.56 Å². The number of H-pyrrole nitrogens is 1. The summed E-state index contributed by atoms with van der Waals surface area (Å²) in [6, 6.07) is 6.69. The number of hydrogen-bond acceptors (Lipinski definition) is 5. The van der Waals surface area contributed by atoms with E-state index in [1.165, 1.54) is 0 Å². The molecule has 20 heavy (non-hydrogen) atoms. The van der Waals surface area contributed by atoms with E-state index >= 15 is 0 Å². The number of aromatic nitrogens is 2. The fourth-order valence-corrected chi connectivity index (χ4v) is 1.91. The van der Waals surface area contributed by atoms with Crippen molar-refractivity contribution in [1.82, 2.24) is 10.2 Å². The second kappa shape index (κ2) is 5.75. The first-order valence-corrected chi connectivity index (χ1v) is 6.14. The minimum Gasteiger partial charge on any atom is -0.497 e. The van der Waals surface area contributed by atoms with Gasteiger partial charge in [0, 0.05) is 23.2 Å². The van der Waals surface area contributed by atoms with Crippen molar-refractivity contribution < 1.29 is 9.47 Å². The zero-order chi connectivity index (χ0) is 14.7. The average molecular weight is 275 g/mol. The molecule has 6 nitrogen and oxygen atoms in total. The van der Waals surface area contributed by atoms with Gasteiger partial charge >= 0.3 is 0 Å². The van der Waals surface area contributed by atoms with Gasteiger partial charge in [0.15, 0.2) is 0 Å². The summed E-state index contributed by atoms with van der Waals surface area (Å²) >= 11 is 0. The van der Waals surface area contributed by atoms with Gasteiger partial charge in [-0.15, -0.1) is 0 Å². The number of nitrogens with one attached hydrogen (secondary N) is 1. The number of nitrogens with two attached hydrogens (primary N) is 1. The third kappa shape index (κ3) is 2.65. The first kappa shape index (κ1) is 14.1. The quantitative estimate of drug-likeness (QED) is 0.882. The van der Waals surface area contributed by atoms with Crippen molar-refractivity contribution in [2.45, 2.75) is 13.0 Å². The molecular formula is C14H17N3O3. The first-order chi connectivity index (χ1) is 9.56. The Bertz CT molecular complexity index is 665. The maximum atomic E-state index is 11.6. The maximum Gasteiger partial charge on any atom is 0.268 e. The van der Waals surface area contributed by atoms with Gasteiger partial charge in [-0.25, -0.2) is 5.10 Å². The lowest BCUT2D eigenvalue weighted by Gasteiger charge is -2.11. The Kier molecular flexibility index (Phi) is 4.05. The molecule has 0 radical (unpaired) electrons. The molecule has 106 valence electrons. The van der Waals surface area contributed by atoms with Gasteiger partial charge in [-0.2, -0.15) is 5.10 Å². The van der Waals surface area contributed by atoms with Crippen molar-refractivity contribution in [3.63, 3.8) is 0 Å². The molecule has 1 unspecified atom stereocenters. The van der Waals surface area contributed by atoms with Crippen LogP contribution in [-0.2, 0) is 0 Å². The molecule has 0 aliphatic heterocycles. The number of nitrogens with zero attached hydrogens (tertiary/aromatic N) is 1. The second-order valence-corrected chi connectivity index (χ2v) is 4.39. The van der Waals surface area contributed by atoms with Crippen LogP contribution in [0.4, 0.5) is 0 Å². The highest BCUT2D eigenvalue weighted by Crippen LogP contribution is 2.32. The predicted octanol–water partition coefficient (Wildman–Crippen LogP) is 1.47. The minimum atomic E-state index is -0.371. The molecular weight excluding hydrogens is 258 g/mol. The number of benzene rings is 1. The summed E-state index contributed by atoms with van der Waals surface area (Å²) in [6.07, 6.45) is 0. The number of ether oxygens (including phenoxy) is 2. The number of hydrogen-bond donors (Lipinski definition) is 2. The Morgan fingerprint density at radius 1 is 1.25 bits per heavy atom. The van der Waals surface area contributed by atoms with Gasteiger partial charge in [-0.1, -0.05) is 0 Å². The van der Waals surface area contributed by atoms with Gasteiger partial charge < -0.3 is 15.2 Å². The summed E-state index contributed by atoms with van der Waals surface area (Å²) in [4.78, 5) is 11.6. The summed E-state index contributed by atoms with van der Waals surface area (Å²) in [6.45, 7) is 1.75. The maximum absolute atomic E-state index is 11.6. The largest absolute Gasteiger partial charge is 0.497 e. The van der Waals surface area contributed by atoms with Crippen LogP contribution in [0.25, 0.3) is 11.3 Å². The van der Waals surface area contributed by atoms with Crippen molar-refractivity contribution in [2.24, 2.45) is 5.73 Å². The van der Waals surface area contributed by atoms with E-state index in [1.54, 1.807) is 39.3 Å². The third-order valence-corrected chi connectivity index (χ3v) is 3.01. The van der Waals surface area contributed by atoms with Crippen LogP contribution in [0.2, 0.25) is 0 Å². The van der Waals surface area contributed by atoms with E-state index in [-0.39, 0.29) is 11.6 Å². The van der Waals surface area contributed by atoms with Crippen molar-refractivity contribution in [3.05, 3.63) is 40.2 Å². The van der Waals surface area contributed by atoms with Crippen molar-refractivity contribution in [3.8, 4) is 22.8 Å². The average Bonchev–Trinajstić information content (AvgIpc) is 2.46. The standard InChI is InChI=1S/C14H17N3O3/c1-8(15)11-7-12(16-17-14(11)18)10-5-4-9(19-2)6-13(10)20-3/h4-8H,15H2,1-3H3,(H,17,18). The summed E-state index contributed by atoms with van der Waals surface area (Å²) < 4.78 is 10.5. The molecule has 0 saturated heterocycles. The van der Waals surface area contributed by atoms with Crippen molar-refractivity contribution in [2.75, 3.05) is 14.2 Å². The fraction of sp³-hybridized carbons (Fsp3) is 0.286. The summed E-state index contributed by atoms with van der Waals surface area (Å²) in [5.74, 6) is 1.29. The highest BCUT2D eigenvalue weighted by atomic mass is 16.5. The van der Waals surface area contributed by atoms with E-state index in [0.29, 0.717) is 22.8 Å². The predicted molar refractivity (Wildman–Crippen MR) is 76.0 cm³/mol. The minimum absolute atomic E-state index is 0.281. The molecule has 3 N–H and O–H groups in total. The van der Waals surface area contributed by atoms with Crippen LogP contribution in [0, 0.1) is 0 Å². The van der Waals surface area contributed by atoms with Crippen LogP contribution in [0.1, 0.15) is 18.5 Å². The van der Waals surface area contributed by atoms with Crippen LogP contribution in [0.15, 0.2) is 29.1 Å². The molecule has 0 aliphatic rings. The van der Waals surface area contributed by atoms with Gasteiger partial charge in [0.2, 0.25) is 0 Å². The molecule has 0 fully saturated rings. The molecule has 0 aliphatic carbocycles. The molecule has 2 aromatic rings. The van der Waals surface area contributed by atoms with Crippen molar-refractivity contribution >= 4 is 0 Å². The SMILES string of the molecule is COc1ccc(-c2cc(C(C)N)c(=O)[nH]n2)c(OC)c1. The Morgan fingerprint density at radius 3 is 2.60 bits per heavy atom. The lowest BCUT2D eigenvalue weighted by atomic mass is 10.1. The van der Waals surface area contributed by atoms with E-state index < -0.39 is 0 Å². The lowest BCUT2D eigenvalue weighted by Crippen LogP contribution is -2.20. The fourth-order valence-electron chi connectivity index (χ4n) is 1.91.